The summed E-state index contributed by atoms with van der Waals surface area (Å²) in [5, 5.41) is 3.37. The lowest BCUT2D eigenvalue weighted by molar-refractivity contribution is 0.476. The summed E-state index contributed by atoms with van der Waals surface area (Å²) in [6.07, 6.45) is 0. The molecule has 2 rings (SSSR count). The molecule has 1 N–H and O–H groups in total. The van der Waals surface area contributed by atoms with E-state index in [-0.39, 0.29) is 5.82 Å². The Kier molecular flexibility index (Phi) is 5.37. The number of nitrogens with one attached hydrogen (secondary N) is 1. The van der Waals surface area contributed by atoms with Gasteiger partial charge in [0.15, 0.2) is 0 Å². The van der Waals surface area contributed by atoms with Gasteiger partial charge < -0.3 is 10.1 Å². The molecule has 0 fully saturated rings. The Hall–Kier alpha value is -1.39. The Morgan fingerprint density at radius 1 is 1.19 bits per heavy atom. The molecule has 0 aliphatic heterocycles. The highest BCUT2D eigenvalue weighted by atomic mass is 79.9. The summed E-state index contributed by atoms with van der Waals surface area (Å²) in [7, 11) is 0. The third-order valence-corrected chi connectivity index (χ3v) is 3.69. The van der Waals surface area contributed by atoms with Crippen molar-refractivity contribution in [3.05, 3.63) is 57.8 Å². The van der Waals surface area contributed by atoms with Crippen LogP contribution in [0.25, 0.3) is 0 Å². The van der Waals surface area contributed by atoms with Crippen molar-refractivity contribution in [1.29, 1.82) is 0 Å². The van der Waals surface area contributed by atoms with Crippen LogP contribution in [0.15, 0.2) is 40.9 Å². The van der Waals surface area contributed by atoms with Crippen molar-refractivity contribution in [1.82, 2.24) is 5.32 Å². The van der Waals surface area contributed by atoms with Crippen LogP contribution in [0.3, 0.4) is 0 Å². The second-order valence-electron chi connectivity index (χ2n) is 5.31. The largest absolute Gasteiger partial charge is 0.456 e. The molecular formula is C17H19BrFNO. The minimum atomic E-state index is -0.225. The molecule has 0 radical (unpaired) electrons. The normalized spacial score (nSPS) is 11.0. The number of ether oxygens (including phenoxy) is 1. The highest BCUT2D eigenvalue weighted by molar-refractivity contribution is 9.10. The highest BCUT2D eigenvalue weighted by Gasteiger charge is 2.06. The number of hydrogen-bond donors (Lipinski definition) is 1. The summed E-state index contributed by atoms with van der Waals surface area (Å²) in [6, 6.07) is 11.1. The van der Waals surface area contributed by atoms with Crippen molar-refractivity contribution in [2.45, 2.75) is 33.4 Å². The van der Waals surface area contributed by atoms with Crippen LogP contribution in [0.2, 0.25) is 0 Å². The number of halogens is 2. The topological polar surface area (TPSA) is 21.3 Å². The Morgan fingerprint density at radius 2 is 1.95 bits per heavy atom. The van der Waals surface area contributed by atoms with E-state index in [1.165, 1.54) is 11.6 Å². The molecule has 0 aromatic heterocycles. The monoisotopic (exact) mass is 351 g/mol. The molecule has 2 nitrogen and oxygen atoms in total. The van der Waals surface area contributed by atoms with Crippen molar-refractivity contribution in [2.75, 3.05) is 0 Å². The summed E-state index contributed by atoms with van der Waals surface area (Å²) < 4.78 is 19.9. The van der Waals surface area contributed by atoms with Gasteiger partial charge in [-0.15, -0.1) is 0 Å². The molecule has 0 spiro atoms. The number of hydrogen-bond acceptors (Lipinski definition) is 2. The molecule has 2 aromatic carbocycles. The van der Waals surface area contributed by atoms with E-state index < -0.39 is 0 Å². The van der Waals surface area contributed by atoms with Crippen molar-refractivity contribution in [2.24, 2.45) is 0 Å². The van der Waals surface area contributed by atoms with Gasteiger partial charge in [-0.05, 0) is 64.3 Å². The molecule has 2 aromatic rings. The zero-order chi connectivity index (χ0) is 15.4. The molecule has 0 heterocycles. The maximum atomic E-state index is 13.2. The minimum Gasteiger partial charge on any atom is -0.456 e. The lowest BCUT2D eigenvalue weighted by Gasteiger charge is -2.12. The van der Waals surface area contributed by atoms with Gasteiger partial charge in [-0.3, -0.25) is 0 Å². The van der Waals surface area contributed by atoms with E-state index in [2.05, 4.69) is 35.1 Å². The van der Waals surface area contributed by atoms with E-state index >= 15 is 0 Å². The van der Waals surface area contributed by atoms with Crippen LogP contribution in [0.5, 0.6) is 11.5 Å². The molecule has 0 saturated heterocycles. The summed E-state index contributed by atoms with van der Waals surface area (Å²) in [6.45, 7) is 6.76. The van der Waals surface area contributed by atoms with Crippen molar-refractivity contribution >= 4 is 15.9 Å². The minimum absolute atomic E-state index is 0.225. The predicted molar refractivity (Wildman–Crippen MR) is 87.3 cm³/mol. The van der Waals surface area contributed by atoms with Gasteiger partial charge in [0.1, 0.15) is 17.3 Å². The van der Waals surface area contributed by atoms with E-state index in [4.69, 9.17) is 4.74 Å². The van der Waals surface area contributed by atoms with Crippen LogP contribution in [0, 0.1) is 12.7 Å². The van der Waals surface area contributed by atoms with Crippen molar-refractivity contribution < 1.29 is 9.13 Å². The predicted octanol–water partition coefficient (Wildman–Crippen LogP) is 5.19. The fourth-order valence-electron chi connectivity index (χ4n) is 1.87. The standard InChI is InChI=1S/C17H19BrFNO/c1-11(2)20-10-13-4-7-17(15(18)9-13)21-14-5-6-16(19)12(3)8-14/h4-9,11,20H,10H2,1-3H3. The smallest absolute Gasteiger partial charge is 0.141 e. The molecule has 4 heteroatoms. The lowest BCUT2D eigenvalue weighted by atomic mass is 10.2. The molecule has 0 bridgehead atoms. The zero-order valence-corrected chi connectivity index (χ0v) is 14.0. The Labute approximate surface area is 133 Å². The van der Waals surface area contributed by atoms with E-state index in [0.717, 1.165) is 11.0 Å². The van der Waals surface area contributed by atoms with Gasteiger partial charge in [-0.2, -0.15) is 0 Å². The Morgan fingerprint density at radius 3 is 2.57 bits per heavy atom. The molecule has 0 amide bonds. The first-order chi connectivity index (χ1) is 9.95. The van der Waals surface area contributed by atoms with Gasteiger partial charge in [0, 0.05) is 12.6 Å². The summed E-state index contributed by atoms with van der Waals surface area (Å²) in [5.41, 5.74) is 1.75. The lowest BCUT2D eigenvalue weighted by Crippen LogP contribution is -2.21. The molecule has 0 atom stereocenters. The fourth-order valence-corrected chi connectivity index (χ4v) is 2.37. The summed E-state index contributed by atoms with van der Waals surface area (Å²) in [4.78, 5) is 0. The SMILES string of the molecule is Cc1cc(Oc2ccc(CNC(C)C)cc2Br)ccc1F. The molecule has 21 heavy (non-hydrogen) atoms. The second kappa shape index (κ2) is 7.05. The average molecular weight is 352 g/mol. The summed E-state index contributed by atoms with van der Waals surface area (Å²) >= 11 is 3.52. The molecule has 112 valence electrons. The molecular weight excluding hydrogens is 333 g/mol. The van der Waals surface area contributed by atoms with E-state index in [1.54, 1.807) is 19.1 Å². The third kappa shape index (κ3) is 4.55. The van der Waals surface area contributed by atoms with Gasteiger partial charge in [0.2, 0.25) is 0 Å². The Balaban J connectivity index is 2.11. The molecule has 0 aliphatic carbocycles. The van der Waals surface area contributed by atoms with E-state index in [0.29, 0.717) is 23.1 Å². The van der Waals surface area contributed by atoms with Gasteiger partial charge in [0.25, 0.3) is 0 Å². The van der Waals surface area contributed by atoms with Crippen LogP contribution >= 0.6 is 15.9 Å². The first-order valence-electron chi connectivity index (χ1n) is 6.91. The summed E-state index contributed by atoms with van der Waals surface area (Å²) in [5.74, 6) is 1.12. The van der Waals surface area contributed by atoms with Crippen LogP contribution in [-0.4, -0.2) is 6.04 Å². The van der Waals surface area contributed by atoms with Crippen LogP contribution in [-0.2, 0) is 6.54 Å². The maximum absolute atomic E-state index is 13.2. The quantitative estimate of drug-likeness (QED) is 0.800. The maximum Gasteiger partial charge on any atom is 0.141 e. The van der Waals surface area contributed by atoms with E-state index in [1.807, 2.05) is 18.2 Å². The van der Waals surface area contributed by atoms with Crippen molar-refractivity contribution in [3.63, 3.8) is 0 Å². The number of aryl methyl sites for hydroxylation is 1. The fraction of sp³-hybridized carbons (Fsp3) is 0.294. The van der Waals surface area contributed by atoms with Crippen LogP contribution in [0.1, 0.15) is 25.0 Å². The van der Waals surface area contributed by atoms with Gasteiger partial charge in [-0.1, -0.05) is 19.9 Å². The first kappa shape index (κ1) is 16.0. The molecule has 0 saturated carbocycles. The number of rotatable bonds is 5. The van der Waals surface area contributed by atoms with Crippen molar-refractivity contribution in [3.8, 4) is 11.5 Å². The highest BCUT2D eigenvalue weighted by Crippen LogP contribution is 2.31. The van der Waals surface area contributed by atoms with Gasteiger partial charge in [0.05, 0.1) is 4.47 Å². The van der Waals surface area contributed by atoms with Crippen LogP contribution < -0.4 is 10.1 Å². The Bertz CT molecular complexity index is 628. The third-order valence-electron chi connectivity index (χ3n) is 3.07. The average Bonchev–Trinajstić information content (AvgIpc) is 2.43. The number of benzene rings is 2. The van der Waals surface area contributed by atoms with Crippen LogP contribution in [0.4, 0.5) is 4.39 Å². The van der Waals surface area contributed by atoms with Gasteiger partial charge in [-0.25, -0.2) is 4.39 Å². The first-order valence-corrected chi connectivity index (χ1v) is 7.71. The second-order valence-corrected chi connectivity index (χ2v) is 6.17. The molecule has 0 unspecified atom stereocenters. The zero-order valence-electron chi connectivity index (χ0n) is 12.4. The molecule has 0 aliphatic rings. The van der Waals surface area contributed by atoms with Gasteiger partial charge >= 0.3 is 0 Å². The van der Waals surface area contributed by atoms with E-state index in [9.17, 15) is 4.39 Å².